The number of aliphatic hydroxyl groups excluding tert-OH is 4. The highest BCUT2D eigenvalue weighted by Crippen LogP contribution is 2.51. The third-order valence-corrected chi connectivity index (χ3v) is 6.63. The number of benzene rings is 1. The summed E-state index contributed by atoms with van der Waals surface area (Å²) in [5.74, 6) is -0.186. The van der Waals surface area contributed by atoms with Gasteiger partial charge in [-0.1, -0.05) is 18.2 Å². The Morgan fingerprint density at radius 2 is 1.90 bits per heavy atom. The minimum atomic E-state index is -1.98. The van der Waals surface area contributed by atoms with Crippen molar-refractivity contribution in [1.82, 2.24) is 0 Å². The fraction of sp³-hybridized carbons (Fsp3) is 0.652. The zero-order valence-electron chi connectivity index (χ0n) is 17.6. The van der Waals surface area contributed by atoms with Crippen LogP contribution >= 0.6 is 0 Å². The van der Waals surface area contributed by atoms with Crippen molar-refractivity contribution in [3.63, 3.8) is 0 Å². The molecule has 7 atom stereocenters. The lowest BCUT2D eigenvalue weighted by molar-refractivity contribution is -0.387. The predicted molar refractivity (Wildman–Crippen MR) is 112 cm³/mol. The molecule has 3 rings (SSSR count). The first-order valence-corrected chi connectivity index (χ1v) is 10.9. The van der Waals surface area contributed by atoms with Crippen molar-refractivity contribution in [2.24, 2.45) is 5.92 Å². The van der Waals surface area contributed by atoms with Gasteiger partial charge in [-0.25, -0.2) is 0 Å². The Balaban J connectivity index is 1.92. The van der Waals surface area contributed by atoms with E-state index < -0.39 is 41.7 Å². The summed E-state index contributed by atoms with van der Waals surface area (Å²) in [5.41, 5.74) is -2.85. The standard InChI is InChI=1S/C23H34O8/c1-2-4-15-6-8-17(9-7-15)30-21-23(29)16(11-14-25)10-12-22(28,20(23)27)19(31-21)18(26)5-3-13-24/h2,6-9,16,18-21,24-29H,1,3-5,10-14H2/t16-,18+,19-,20+,21+,22-,23-/m1/s1. The van der Waals surface area contributed by atoms with Gasteiger partial charge in [-0.3, -0.25) is 0 Å². The monoisotopic (exact) mass is 438 g/mol. The molecule has 174 valence electrons. The fourth-order valence-electron chi connectivity index (χ4n) is 4.90. The van der Waals surface area contributed by atoms with E-state index in [0.29, 0.717) is 25.0 Å². The molecular weight excluding hydrogens is 404 g/mol. The lowest BCUT2D eigenvalue weighted by atomic mass is 9.60. The van der Waals surface area contributed by atoms with E-state index in [1.165, 1.54) is 0 Å². The minimum absolute atomic E-state index is 0.0883. The van der Waals surface area contributed by atoms with E-state index in [1.54, 1.807) is 18.2 Å². The quantitative estimate of drug-likeness (QED) is 0.286. The van der Waals surface area contributed by atoms with Crippen LogP contribution in [-0.4, -0.2) is 79.7 Å². The highest BCUT2D eigenvalue weighted by molar-refractivity contribution is 5.29. The smallest absolute Gasteiger partial charge is 0.232 e. The molecule has 8 nitrogen and oxygen atoms in total. The zero-order chi connectivity index (χ0) is 22.6. The maximum absolute atomic E-state index is 11.6. The van der Waals surface area contributed by atoms with Gasteiger partial charge >= 0.3 is 0 Å². The first-order chi connectivity index (χ1) is 14.8. The van der Waals surface area contributed by atoms with Crippen LogP contribution in [0.1, 0.15) is 37.7 Å². The summed E-state index contributed by atoms with van der Waals surface area (Å²) < 4.78 is 11.9. The van der Waals surface area contributed by atoms with Crippen LogP contribution in [0.15, 0.2) is 36.9 Å². The number of aliphatic hydroxyl groups is 6. The van der Waals surface area contributed by atoms with Crippen molar-refractivity contribution in [1.29, 1.82) is 0 Å². The molecular formula is C23H34O8. The molecule has 31 heavy (non-hydrogen) atoms. The van der Waals surface area contributed by atoms with Crippen molar-refractivity contribution in [2.45, 2.75) is 74.3 Å². The second-order valence-corrected chi connectivity index (χ2v) is 8.61. The molecule has 1 aliphatic heterocycles. The fourth-order valence-corrected chi connectivity index (χ4v) is 4.90. The van der Waals surface area contributed by atoms with Gasteiger partial charge in [-0.05, 0) is 62.1 Å². The molecule has 2 aliphatic rings. The van der Waals surface area contributed by atoms with Crippen LogP contribution in [-0.2, 0) is 11.2 Å². The Kier molecular flexibility index (Phi) is 7.75. The van der Waals surface area contributed by atoms with Gasteiger partial charge in [0.1, 0.15) is 23.6 Å². The number of fused-ring (bicyclic) bond motifs is 2. The summed E-state index contributed by atoms with van der Waals surface area (Å²) in [7, 11) is 0. The molecule has 1 heterocycles. The average Bonchev–Trinajstić information content (AvgIpc) is 2.76. The molecule has 0 radical (unpaired) electrons. The van der Waals surface area contributed by atoms with Gasteiger partial charge in [-0.2, -0.15) is 0 Å². The zero-order valence-corrected chi connectivity index (χ0v) is 17.6. The van der Waals surface area contributed by atoms with Crippen molar-refractivity contribution in [3.8, 4) is 5.75 Å². The summed E-state index contributed by atoms with van der Waals surface area (Å²) in [6.07, 6.45) is -1.91. The first-order valence-electron chi connectivity index (χ1n) is 10.9. The van der Waals surface area contributed by atoms with Crippen molar-refractivity contribution in [3.05, 3.63) is 42.5 Å². The maximum atomic E-state index is 11.6. The van der Waals surface area contributed by atoms with E-state index in [0.717, 1.165) is 5.56 Å². The lowest BCUT2D eigenvalue weighted by Crippen LogP contribution is -2.79. The Morgan fingerprint density at radius 3 is 2.52 bits per heavy atom. The molecule has 1 saturated heterocycles. The highest BCUT2D eigenvalue weighted by Gasteiger charge is 2.69. The average molecular weight is 439 g/mol. The number of hydrogen-bond acceptors (Lipinski definition) is 8. The lowest BCUT2D eigenvalue weighted by Gasteiger charge is -2.60. The van der Waals surface area contributed by atoms with Crippen LogP contribution in [0.5, 0.6) is 5.75 Å². The van der Waals surface area contributed by atoms with Gasteiger partial charge in [0.25, 0.3) is 0 Å². The second kappa shape index (κ2) is 9.95. The van der Waals surface area contributed by atoms with E-state index in [-0.39, 0.29) is 32.5 Å². The Hall–Kier alpha value is -1.52. The van der Waals surface area contributed by atoms with Crippen LogP contribution in [0.25, 0.3) is 0 Å². The van der Waals surface area contributed by atoms with Crippen LogP contribution in [0.3, 0.4) is 0 Å². The highest BCUT2D eigenvalue weighted by atomic mass is 16.7. The van der Waals surface area contributed by atoms with E-state index in [1.807, 2.05) is 12.1 Å². The Labute approximate surface area is 182 Å². The van der Waals surface area contributed by atoms with Crippen LogP contribution in [0, 0.1) is 5.92 Å². The molecule has 8 heteroatoms. The predicted octanol–water partition coefficient (Wildman–Crippen LogP) is 0.268. The molecule has 1 aromatic carbocycles. The summed E-state index contributed by atoms with van der Waals surface area (Å²) in [6.45, 7) is 3.37. The van der Waals surface area contributed by atoms with Crippen molar-refractivity contribution < 1.29 is 40.1 Å². The summed E-state index contributed by atoms with van der Waals surface area (Å²) in [6, 6.07) is 7.10. The first kappa shape index (κ1) is 24.1. The normalized spacial score (nSPS) is 36.1. The van der Waals surface area contributed by atoms with Crippen LogP contribution < -0.4 is 4.74 Å². The molecule has 2 fully saturated rings. The van der Waals surface area contributed by atoms with Crippen molar-refractivity contribution >= 4 is 0 Å². The summed E-state index contributed by atoms with van der Waals surface area (Å²) in [5, 5.41) is 63.1. The van der Waals surface area contributed by atoms with E-state index in [2.05, 4.69) is 6.58 Å². The molecule has 1 aliphatic carbocycles. The van der Waals surface area contributed by atoms with Gasteiger partial charge in [0.15, 0.2) is 5.60 Å². The minimum Gasteiger partial charge on any atom is -0.462 e. The number of rotatable bonds is 10. The SMILES string of the molecule is C=CCc1ccc(O[C@H]2O[C@H]([C@@H](O)CCCO)[C@]3(O)CC[C@H](CCO)[C@@]2(O)[C@H]3O)cc1. The molecule has 0 aromatic heterocycles. The Bertz CT molecular complexity index is 721. The van der Waals surface area contributed by atoms with E-state index in [9.17, 15) is 25.5 Å². The summed E-state index contributed by atoms with van der Waals surface area (Å²) in [4.78, 5) is 0. The topological polar surface area (TPSA) is 140 Å². The molecule has 0 amide bonds. The molecule has 6 N–H and O–H groups in total. The number of ether oxygens (including phenoxy) is 2. The van der Waals surface area contributed by atoms with Gasteiger partial charge in [-0.15, -0.1) is 6.58 Å². The number of hydrogen-bond donors (Lipinski definition) is 6. The van der Waals surface area contributed by atoms with E-state index >= 15 is 0 Å². The third kappa shape index (κ3) is 4.52. The largest absolute Gasteiger partial charge is 0.462 e. The van der Waals surface area contributed by atoms with E-state index in [4.69, 9.17) is 14.6 Å². The van der Waals surface area contributed by atoms with Crippen molar-refractivity contribution in [2.75, 3.05) is 13.2 Å². The second-order valence-electron chi connectivity index (χ2n) is 8.61. The van der Waals surface area contributed by atoms with Gasteiger partial charge in [0.2, 0.25) is 6.29 Å². The Morgan fingerprint density at radius 1 is 1.19 bits per heavy atom. The third-order valence-electron chi connectivity index (χ3n) is 6.63. The molecule has 0 unspecified atom stereocenters. The number of allylic oxidation sites excluding steroid dienone is 1. The maximum Gasteiger partial charge on any atom is 0.232 e. The van der Waals surface area contributed by atoms with Crippen LogP contribution in [0.4, 0.5) is 0 Å². The summed E-state index contributed by atoms with van der Waals surface area (Å²) >= 11 is 0. The van der Waals surface area contributed by atoms with Crippen LogP contribution in [0.2, 0.25) is 0 Å². The molecule has 1 aromatic rings. The molecule has 0 spiro atoms. The molecule has 1 saturated carbocycles. The van der Waals surface area contributed by atoms with Gasteiger partial charge in [0, 0.05) is 13.2 Å². The van der Waals surface area contributed by atoms with Gasteiger partial charge in [0.05, 0.1) is 6.10 Å². The molecule has 2 bridgehead atoms. The van der Waals surface area contributed by atoms with Gasteiger partial charge < -0.3 is 40.1 Å².